The maximum atomic E-state index is 10.8. The van der Waals surface area contributed by atoms with Crippen molar-refractivity contribution in [1.29, 1.82) is 0 Å². The lowest BCUT2D eigenvalue weighted by molar-refractivity contribution is -0.384. The van der Waals surface area contributed by atoms with Crippen LogP contribution in [0.1, 0.15) is 25.6 Å². The van der Waals surface area contributed by atoms with Gasteiger partial charge in [0.15, 0.2) is 0 Å². The van der Waals surface area contributed by atoms with Crippen molar-refractivity contribution in [2.24, 2.45) is 0 Å². The van der Waals surface area contributed by atoms with Crippen molar-refractivity contribution in [1.82, 2.24) is 5.32 Å². The smallest absolute Gasteiger partial charge is 0.273 e. The number of furan rings is 1. The third-order valence-corrected chi connectivity index (χ3v) is 3.23. The molecule has 0 amide bonds. The first-order valence-corrected chi connectivity index (χ1v) is 6.72. The molecule has 6 heteroatoms. The summed E-state index contributed by atoms with van der Waals surface area (Å²) in [5.74, 6) is 1.86. The SMILES string of the molecule is CCNC(C)c1ccc(-c2ccc([N+](=O)[O-])cc2OC)o1. The fourth-order valence-corrected chi connectivity index (χ4v) is 2.13. The first kappa shape index (κ1) is 15.1. The van der Waals surface area contributed by atoms with Gasteiger partial charge in [0.05, 0.1) is 29.7 Å². The number of nitrogens with one attached hydrogen (secondary N) is 1. The van der Waals surface area contributed by atoms with E-state index in [1.165, 1.54) is 19.2 Å². The number of nitro groups is 1. The summed E-state index contributed by atoms with van der Waals surface area (Å²) in [6.07, 6.45) is 0. The number of nitrogens with zero attached hydrogens (tertiary/aromatic N) is 1. The molecule has 0 aliphatic carbocycles. The third kappa shape index (κ3) is 3.22. The number of ether oxygens (including phenoxy) is 1. The molecule has 1 aromatic carbocycles. The van der Waals surface area contributed by atoms with Gasteiger partial charge in [0.25, 0.3) is 5.69 Å². The van der Waals surface area contributed by atoms with Crippen molar-refractivity contribution < 1.29 is 14.1 Å². The first-order valence-electron chi connectivity index (χ1n) is 6.72. The van der Waals surface area contributed by atoms with E-state index >= 15 is 0 Å². The van der Waals surface area contributed by atoms with Crippen LogP contribution in [0.5, 0.6) is 5.75 Å². The molecule has 112 valence electrons. The van der Waals surface area contributed by atoms with E-state index in [4.69, 9.17) is 9.15 Å². The van der Waals surface area contributed by atoms with Crippen LogP contribution < -0.4 is 10.1 Å². The van der Waals surface area contributed by atoms with Gasteiger partial charge in [-0.1, -0.05) is 6.92 Å². The predicted molar refractivity (Wildman–Crippen MR) is 79.4 cm³/mol. The summed E-state index contributed by atoms with van der Waals surface area (Å²) in [7, 11) is 1.48. The molecule has 0 fully saturated rings. The molecule has 0 saturated heterocycles. The predicted octanol–water partition coefficient (Wildman–Crippen LogP) is 3.53. The summed E-state index contributed by atoms with van der Waals surface area (Å²) in [6.45, 7) is 4.89. The number of nitro benzene ring substituents is 1. The van der Waals surface area contributed by atoms with Crippen LogP contribution >= 0.6 is 0 Å². The van der Waals surface area contributed by atoms with Crippen molar-refractivity contribution in [2.45, 2.75) is 19.9 Å². The molecule has 0 spiro atoms. The van der Waals surface area contributed by atoms with Crippen molar-refractivity contribution in [3.8, 4) is 17.1 Å². The Labute approximate surface area is 122 Å². The zero-order chi connectivity index (χ0) is 15.4. The van der Waals surface area contributed by atoms with Gasteiger partial charge < -0.3 is 14.5 Å². The Balaban J connectivity index is 2.35. The minimum Gasteiger partial charge on any atom is -0.496 e. The summed E-state index contributed by atoms with van der Waals surface area (Å²) in [6, 6.07) is 8.31. The third-order valence-electron chi connectivity index (χ3n) is 3.23. The minimum atomic E-state index is -0.451. The van der Waals surface area contributed by atoms with Crippen LogP contribution in [0.3, 0.4) is 0 Å². The zero-order valence-corrected chi connectivity index (χ0v) is 12.3. The van der Waals surface area contributed by atoms with Crippen LogP contribution in [0.4, 0.5) is 5.69 Å². The Morgan fingerprint density at radius 2 is 2.14 bits per heavy atom. The number of non-ortho nitro benzene ring substituents is 1. The summed E-state index contributed by atoms with van der Waals surface area (Å²) in [4.78, 5) is 10.3. The lowest BCUT2D eigenvalue weighted by atomic mass is 10.1. The highest BCUT2D eigenvalue weighted by Gasteiger charge is 2.16. The van der Waals surface area contributed by atoms with Crippen LogP contribution in [0.15, 0.2) is 34.7 Å². The van der Waals surface area contributed by atoms with E-state index < -0.39 is 4.92 Å². The summed E-state index contributed by atoms with van der Waals surface area (Å²) in [5, 5.41) is 14.1. The van der Waals surface area contributed by atoms with E-state index in [9.17, 15) is 10.1 Å². The average Bonchev–Trinajstić information content (AvgIpc) is 2.96. The highest BCUT2D eigenvalue weighted by Crippen LogP contribution is 2.35. The van der Waals surface area contributed by atoms with Gasteiger partial charge in [0.2, 0.25) is 0 Å². The second-order valence-corrected chi connectivity index (χ2v) is 4.62. The quantitative estimate of drug-likeness (QED) is 0.650. The van der Waals surface area contributed by atoms with Gasteiger partial charge in [0, 0.05) is 6.07 Å². The molecule has 0 radical (unpaired) electrons. The normalized spacial score (nSPS) is 12.1. The molecule has 1 heterocycles. The van der Waals surface area contributed by atoms with Crippen LogP contribution in [-0.4, -0.2) is 18.6 Å². The molecule has 2 aromatic rings. The van der Waals surface area contributed by atoms with Gasteiger partial charge in [-0.3, -0.25) is 10.1 Å². The Hall–Kier alpha value is -2.34. The molecule has 0 aliphatic rings. The van der Waals surface area contributed by atoms with Crippen molar-refractivity contribution in [3.63, 3.8) is 0 Å². The Morgan fingerprint density at radius 1 is 1.38 bits per heavy atom. The minimum absolute atomic E-state index is 0.0107. The molecule has 1 atom stereocenters. The molecule has 0 bridgehead atoms. The summed E-state index contributed by atoms with van der Waals surface area (Å²) >= 11 is 0. The summed E-state index contributed by atoms with van der Waals surface area (Å²) < 4.78 is 11.0. The molecule has 1 unspecified atom stereocenters. The van der Waals surface area contributed by atoms with Crippen molar-refractivity contribution in [3.05, 3.63) is 46.2 Å². The standard InChI is InChI=1S/C15H18N2O4/c1-4-16-10(2)13-7-8-14(21-13)12-6-5-11(17(18)19)9-15(12)20-3/h5-10,16H,4H2,1-3H3. The Morgan fingerprint density at radius 3 is 2.76 bits per heavy atom. The topological polar surface area (TPSA) is 77.5 Å². The molecular formula is C15H18N2O4. The van der Waals surface area contributed by atoms with E-state index in [0.717, 1.165) is 12.3 Å². The van der Waals surface area contributed by atoms with Crippen LogP contribution in [0.25, 0.3) is 11.3 Å². The van der Waals surface area contributed by atoms with E-state index in [1.54, 1.807) is 6.07 Å². The summed E-state index contributed by atoms with van der Waals surface area (Å²) in [5.41, 5.74) is 0.682. The molecule has 6 nitrogen and oxygen atoms in total. The van der Waals surface area contributed by atoms with Crippen LogP contribution in [0, 0.1) is 10.1 Å². The van der Waals surface area contributed by atoms with Gasteiger partial charge in [-0.2, -0.15) is 0 Å². The number of hydrogen-bond donors (Lipinski definition) is 1. The fourth-order valence-electron chi connectivity index (χ4n) is 2.13. The molecule has 2 rings (SSSR count). The van der Waals surface area contributed by atoms with Crippen molar-refractivity contribution in [2.75, 3.05) is 13.7 Å². The number of rotatable bonds is 6. The van der Waals surface area contributed by atoms with Gasteiger partial charge >= 0.3 is 0 Å². The second kappa shape index (κ2) is 6.41. The van der Waals surface area contributed by atoms with Gasteiger partial charge in [-0.15, -0.1) is 0 Å². The monoisotopic (exact) mass is 290 g/mol. The van der Waals surface area contributed by atoms with E-state index in [-0.39, 0.29) is 11.7 Å². The van der Waals surface area contributed by atoms with Crippen molar-refractivity contribution >= 4 is 5.69 Å². The van der Waals surface area contributed by atoms with Crippen LogP contribution in [0.2, 0.25) is 0 Å². The molecule has 0 aliphatic heterocycles. The average molecular weight is 290 g/mol. The Kier molecular flexibility index (Phi) is 4.59. The maximum Gasteiger partial charge on any atom is 0.273 e. The largest absolute Gasteiger partial charge is 0.496 e. The highest BCUT2D eigenvalue weighted by molar-refractivity contribution is 5.68. The van der Waals surface area contributed by atoms with E-state index in [0.29, 0.717) is 17.1 Å². The molecule has 1 aromatic heterocycles. The lowest BCUT2D eigenvalue weighted by Gasteiger charge is -2.09. The van der Waals surface area contributed by atoms with Gasteiger partial charge in [0.1, 0.15) is 17.3 Å². The number of benzene rings is 1. The zero-order valence-electron chi connectivity index (χ0n) is 12.3. The van der Waals surface area contributed by atoms with E-state index in [2.05, 4.69) is 5.32 Å². The number of methoxy groups -OCH3 is 1. The lowest BCUT2D eigenvalue weighted by Crippen LogP contribution is -2.16. The fraction of sp³-hybridized carbons (Fsp3) is 0.333. The molecule has 21 heavy (non-hydrogen) atoms. The van der Waals surface area contributed by atoms with E-state index in [1.807, 2.05) is 26.0 Å². The molecule has 1 N–H and O–H groups in total. The number of hydrogen-bond acceptors (Lipinski definition) is 5. The molecular weight excluding hydrogens is 272 g/mol. The molecule has 0 saturated carbocycles. The van der Waals surface area contributed by atoms with Crippen LogP contribution in [-0.2, 0) is 0 Å². The first-order chi connectivity index (χ1) is 10.1. The highest BCUT2D eigenvalue weighted by atomic mass is 16.6. The Bertz CT molecular complexity index is 636. The van der Waals surface area contributed by atoms with Gasteiger partial charge in [-0.25, -0.2) is 0 Å². The second-order valence-electron chi connectivity index (χ2n) is 4.62. The maximum absolute atomic E-state index is 10.8. The van der Waals surface area contributed by atoms with Gasteiger partial charge in [-0.05, 0) is 31.7 Å².